The summed E-state index contributed by atoms with van der Waals surface area (Å²) in [6.45, 7) is 4.31. The van der Waals surface area contributed by atoms with Crippen molar-refractivity contribution < 1.29 is 28.6 Å². The third-order valence-electron chi connectivity index (χ3n) is 5.49. The molecule has 2 aromatic carbocycles. The molecule has 1 unspecified atom stereocenters. The number of aromatic nitrogens is 1. The van der Waals surface area contributed by atoms with Gasteiger partial charge < -0.3 is 24.1 Å². The number of rotatable bonds is 6. The normalized spacial score (nSPS) is 15.0. The molecule has 1 aromatic heterocycles. The molecule has 1 atom stereocenters. The summed E-state index contributed by atoms with van der Waals surface area (Å²) in [5.74, 6) is -1.11. The number of carbonyl (C=O) groups excluding carboxylic acids is 3. The van der Waals surface area contributed by atoms with Crippen molar-refractivity contribution in [2.24, 2.45) is 0 Å². The van der Waals surface area contributed by atoms with Crippen LogP contribution in [-0.4, -0.2) is 42.2 Å². The van der Waals surface area contributed by atoms with Crippen molar-refractivity contribution in [3.05, 3.63) is 59.3 Å². The molecule has 1 aliphatic rings. The highest BCUT2D eigenvalue weighted by atomic mass is 16.5. The van der Waals surface area contributed by atoms with Crippen LogP contribution in [0.1, 0.15) is 35.0 Å². The van der Waals surface area contributed by atoms with Crippen LogP contribution in [0.4, 0.5) is 5.69 Å². The van der Waals surface area contributed by atoms with Gasteiger partial charge in [-0.15, -0.1) is 0 Å². The zero-order chi connectivity index (χ0) is 22.8. The summed E-state index contributed by atoms with van der Waals surface area (Å²) < 4.78 is 17.8. The molecule has 0 aliphatic carbocycles. The molecule has 4 rings (SSSR count). The van der Waals surface area contributed by atoms with E-state index in [0.717, 1.165) is 11.1 Å². The van der Waals surface area contributed by atoms with E-state index in [4.69, 9.17) is 14.2 Å². The van der Waals surface area contributed by atoms with Crippen molar-refractivity contribution >= 4 is 34.4 Å². The largest absolute Gasteiger partial charge is 0.478 e. The number of hydrogen-bond donors (Lipinski definition) is 1. The van der Waals surface area contributed by atoms with Crippen LogP contribution in [0, 0.1) is 6.92 Å². The lowest BCUT2D eigenvalue weighted by atomic mass is 10.1. The van der Waals surface area contributed by atoms with Crippen molar-refractivity contribution in [2.45, 2.75) is 32.9 Å². The molecule has 0 bridgehead atoms. The van der Waals surface area contributed by atoms with Crippen molar-refractivity contribution in [2.75, 3.05) is 19.0 Å². The van der Waals surface area contributed by atoms with Gasteiger partial charge in [-0.1, -0.05) is 30.3 Å². The van der Waals surface area contributed by atoms with Crippen LogP contribution < -0.4 is 10.1 Å². The number of carbonyl (C=O) groups is 3. The number of methoxy groups -OCH3 is 1. The molecule has 8 heteroatoms. The third kappa shape index (κ3) is 3.79. The first-order chi connectivity index (χ1) is 15.4. The molecule has 2 heterocycles. The summed E-state index contributed by atoms with van der Waals surface area (Å²) in [5, 5.41) is 3.38. The van der Waals surface area contributed by atoms with Crippen LogP contribution in [0.5, 0.6) is 5.75 Å². The summed E-state index contributed by atoms with van der Waals surface area (Å²) in [7, 11) is 1.32. The Morgan fingerprint density at radius 1 is 1.16 bits per heavy atom. The molecule has 0 radical (unpaired) electrons. The fourth-order valence-electron chi connectivity index (χ4n) is 4.01. The van der Waals surface area contributed by atoms with Crippen LogP contribution in [0.3, 0.4) is 0 Å². The predicted octanol–water partition coefficient (Wildman–Crippen LogP) is 3.44. The van der Waals surface area contributed by atoms with Gasteiger partial charge in [-0.3, -0.25) is 9.59 Å². The first kappa shape index (κ1) is 21.4. The van der Waals surface area contributed by atoms with E-state index in [-0.39, 0.29) is 13.0 Å². The Hall–Kier alpha value is -3.81. The number of fused-ring (bicyclic) bond motifs is 3. The van der Waals surface area contributed by atoms with Crippen molar-refractivity contribution in [3.8, 4) is 5.75 Å². The van der Waals surface area contributed by atoms with Crippen LogP contribution in [0.2, 0.25) is 0 Å². The van der Waals surface area contributed by atoms with Gasteiger partial charge in [0.05, 0.1) is 36.9 Å². The molecule has 1 amide bonds. The summed E-state index contributed by atoms with van der Waals surface area (Å²) >= 11 is 0. The Morgan fingerprint density at radius 3 is 2.59 bits per heavy atom. The zero-order valence-corrected chi connectivity index (χ0v) is 18.1. The van der Waals surface area contributed by atoms with Gasteiger partial charge in [0.15, 0.2) is 6.10 Å². The van der Waals surface area contributed by atoms with E-state index in [9.17, 15) is 14.4 Å². The average Bonchev–Trinajstić information content (AvgIpc) is 3.06. The molecule has 32 heavy (non-hydrogen) atoms. The standard InChI is InChI=1S/C24H24N2O6/c1-4-31-19(27)12-18-23(28)25-22-17(32-18)11-10-16-21(22)20(24(29)30-3)14(2)26(16)13-15-8-6-5-7-9-15/h5-11,18H,4,12-13H2,1-3H3,(H,25,28). The molecule has 0 saturated heterocycles. The molecular formula is C24H24N2O6. The van der Waals surface area contributed by atoms with E-state index in [0.29, 0.717) is 34.6 Å². The number of nitrogens with zero attached hydrogens (tertiary/aromatic N) is 1. The van der Waals surface area contributed by atoms with E-state index in [1.165, 1.54) is 7.11 Å². The van der Waals surface area contributed by atoms with Gasteiger partial charge in [-0.05, 0) is 31.5 Å². The van der Waals surface area contributed by atoms with E-state index < -0.39 is 23.9 Å². The quantitative estimate of drug-likeness (QED) is 0.595. The lowest BCUT2D eigenvalue weighted by molar-refractivity contribution is -0.147. The van der Waals surface area contributed by atoms with Gasteiger partial charge >= 0.3 is 11.9 Å². The van der Waals surface area contributed by atoms with Gasteiger partial charge in [0.1, 0.15) is 5.75 Å². The van der Waals surface area contributed by atoms with Gasteiger partial charge in [0.2, 0.25) is 0 Å². The second-order valence-corrected chi connectivity index (χ2v) is 7.46. The van der Waals surface area contributed by atoms with Crippen LogP contribution in [0.15, 0.2) is 42.5 Å². The maximum atomic E-state index is 12.7. The molecule has 1 N–H and O–H groups in total. The van der Waals surface area contributed by atoms with E-state index >= 15 is 0 Å². The van der Waals surface area contributed by atoms with Crippen LogP contribution in [0.25, 0.3) is 10.9 Å². The average molecular weight is 436 g/mol. The molecule has 0 spiro atoms. The first-order valence-electron chi connectivity index (χ1n) is 10.4. The lowest BCUT2D eigenvalue weighted by Gasteiger charge is -2.26. The SMILES string of the molecule is CCOC(=O)CC1Oc2ccc3c(c2NC1=O)c(C(=O)OC)c(C)n3Cc1ccccc1. The second kappa shape index (κ2) is 8.74. The Kier molecular flexibility index (Phi) is 5.85. The molecular weight excluding hydrogens is 412 g/mol. The maximum Gasteiger partial charge on any atom is 0.340 e. The summed E-state index contributed by atoms with van der Waals surface area (Å²) in [6.07, 6.45) is -1.21. The molecule has 1 aliphatic heterocycles. The number of ether oxygens (including phenoxy) is 3. The monoisotopic (exact) mass is 436 g/mol. The van der Waals surface area contributed by atoms with Crippen LogP contribution in [-0.2, 0) is 25.6 Å². The van der Waals surface area contributed by atoms with E-state index in [2.05, 4.69) is 5.32 Å². The van der Waals surface area contributed by atoms with Crippen molar-refractivity contribution in [1.29, 1.82) is 0 Å². The summed E-state index contributed by atoms with van der Waals surface area (Å²) in [4.78, 5) is 37.3. The number of nitrogens with one attached hydrogen (secondary N) is 1. The fourth-order valence-corrected chi connectivity index (χ4v) is 4.01. The second-order valence-electron chi connectivity index (χ2n) is 7.46. The highest BCUT2D eigenvalue weighted by molar-refractivity contribution is 6.16. The van der Waals surface area contributed by atoms with Crippen molar-refractivity contribution in [3.63, 3.8) is 0 Å². The maximum absolute atomic E-state index is 12.7. The zero-order valence-electron chi connectivity index (χ0n) is 18.1. The highest BCUT2D eigenvalue weighted by Gasteiger charge is 2.34. The molecule has 8 nitrogen and oxygen atoms in total. The smallest absolute Gasteiger partial charge is 0.340 e. The minimum Gasteiger partial charge on any atom is -0.478 e. The molecule has 0 saturated carbocycles. The van der Waals surface area contributed by atoms with Gasteiger partial charge in [-0.25, -0.2) is 4.79 Å². The lowest BCUT2D eigenvalue weighted by Crippen LogP contribution is -2.39. The minimum atomic E-state index is -1.01. The number of benzene rings is 2. The Labute approximate surface area is 185 Å². The van der Waals surface area contributed by atoms with Crippen molar-refractivity contribution in [1.82, 2.24) is 4.57 Å². The molecule has 3 aromatic rings. The summed E-state index contributed by atoms with van der Waals surface area (Å²) in [5.41, 5.74) is 3.30. The Bertz CT molecular complexity index is 1200. The van der Waals surface area contributed by atoms with Gasteiger partial charge in [0.25, 0.3) is 5.91 Å². The van der Waals surface area contributed by atoms with E-state index in [1.54, 1.807) is 13.0 Å². The van der Waals surface area contributed by atoms with Gasteiger partial charge in [0, 0.05) is 17.6 Å². The van der Waals surface area contributed by atoms with Crippen LogP contribution >= 0.6 is 0 Å². The third-order valence-corrected chi connectivity index (χ3v) is 5.49. The Balaban J connectivity index is 1.81. The van der Waals surface area contributed by atoms with Gasteiger partial charge in [-0.2, -0.15) is 0 Å². The summed E-state index contributed by atoms with van der Waals surface area (Å²) in [6, 6.07) is 13.4. The number of anilines is 1. The first-order valence-corrected chi connectivity index (χ1v) is 10.4. The number of esters is 2. The van der Waals surface area contributed by atoms with E-state index in [1.807, 2.05) is 47.9 Å². The topological polar surface area (TPSA) is 95.9 Å². The predicted molar refractivity (Wildman–Crippen MR) is 118 cm³/mol. The molecule has 0 fully saturated rings. The Morgan fingerprint density at radius 2 is 1.91 bits per heavy atom. The fraction of sp³-hybridized carbons (Fsp3) is 0.292. The number of hydrogen-bond acceptors (Lipinski definition) is 6. The number of amides is 1. The molecule has 166 valence electrons. The minimum absolute atomic E-state index is 0.199. The highest BCUT2D eigenvalue weighted by Crippen LogP contribution is 2.41.